The fraction of sp³-hybridized carbons (Fsp3) is 0.375. The summed E-state index contributed by atoms with van der Waals surface area (Å²) in [6.45, 7) is 4.65. The fourth-order valence-corrected chi connectivity index (χ4v) is 6.89. The Labute approximate surface area is 252 Å². The van der Waals surface area contributed by atoms with Crippen LogP contribution in [0.1, 0.15) is 55.7 Å². The first kappa shape index (κ1) is 31.5. The monoisotopic (exact) mass is 613 g/mol. The highest BCUT2D eigenvalue weighted by Gasteiger charge is 2.33. The molecule has 0 radical (unpaired) electrons. The Kier molecular flexibility index (Phi) is 10.3. The topological polar surface area (TPSA) is 86.8 Å². The van der Waals surface area contributed by atoms with Crippen LogP contribution in [0.4, 0.5) is 10.1 Å². The van der Waals surface area contributed by atoms with Crippen molar-refractivity contribution >= 4 is 39.1 Å². The highest BCUT2D eigenvalue weighted by Crippen LogP contribution is 2.30. The lowest BCUT2D eigenvalue weighted by molar-refractivity contribution is -0.139. The second kappa shape index (κ2) is 13.7. The fourth-order valence-electron chi connectivity index (χ4n) is 5.19. The molecule has 0 heterocycles. The molecule has 1 aliphatic carbocycles. The Hall–Kier alpha value is -3.43. The number of carbonyl (C=O) groups is 2. The van der Waals surface area contributed by atoms with E-state index in [1.807, 2.05) is 6.92 Å². The molecule has 2 amide bonds. The molecule has 10 heteroatoms. The zero-order valence-corrected chi connectivity index (χ0v) is 25.7. The smallest absolute Gasteiger partial charge is 0.264 e. The van der Waals surface area contributed by atoms with E-state index in [0.29, 0.717) is 21.8 Å². The van der Waals surface area contributed by atoms with Gasteiger partial charge in [0.15, 0.2) is 0 Å². The second-order valence-electron chi connectivity index (χ2n) is 10.9. The molecule has 1 saturated carbocycles. The molecule has 0 aromatic heterocycles. The maximum atomic E-state index is 14.1. The SMILES string of the molecule is Cc1ccc(S(=O)(=O)N(CC(=O)N(Cc2ccc(F)cc2)[C@@H](C)C(=O)NC2CCCCC2)c2ccc(Cl)cc2C)cc1. The van der Waals surface area contributed by atoms with E-state index in [4.69, 9.17) is 11.6 Å². The Morgan fingerprint density at radius 2 is 1.62 bits per heavy atom. The van der Waals surface area contributed by atoms with Gasteiger partial charge in [-0.1, -0.05) is 60.7 Å². The highest BCUT2D eigenvalue weighted by atomic mass is 35.5. The third kappa shape index (κ3) is 7.69. The van der Waals surface area contributed by atoms with E-state index in [0.717, 1.165) is 42.0 Å². The van der Waals surface area contributed by atoms with Crippen LogP contribution in [0, 0.1) is 19.7 Å². The number of nitrogens with one attached hydrogen (secondary N) is 1. The van der Waals surface area contributed by atoms with Gasteiger partial charge in [-0.05, 0) is 87.2 Å². The number of anilines is 1. The molecule has 3 aromatic rings. The number of hydrogen-bond acceptors (Lipinski definition) is 4. The predicted molar refractivity (Wildman–Crippen MR) is 163 cm³/mol. The average Bonchev–Trinajstić information content (AvgIpc) is 2.96. The quantitative estimate of drug-likeness (QED) is 0.297. The van der Waals surface area contributed by atoms with Gasteiger partial charge < -0.3 is 10.2 Å². The lowest BCUT2D eigenvalue weighted by Crippen LogP contribution is -2.53. The van der Waals surface area contributed by atoms with Crippen LogP contribution in [0.3, 0.4) is 0 Å². The zero-order chi connectivity index (χ0) is 30.4. The number of halogens is 2. The molecular formula is C32H37ClFN3O4S. The summed E-state index contributed by atoms with van der Waals surface area (Å²) in [6.07, 6.45) is 4.95. The Balaban J connectivity index is 1.69. The molecule has 7 nitrogen and oxygen atoms in total. The summed E-state index contributed by atoms with van der Waals surface area (Å²) in [7, 11) is -4.19. The minimum atomic E-state index is -4.19. The third-order valence-electron chi connectivity index (χ3n) is 7.70. The van der Waals surface area contributed by atoms with Gasteiger partial charge in [-0.15, -0.1) is 0 Å². The number of hydrogen-bond donors (Lipinski definition) is 1. The predicted octanol–water partition coefficient (Wildman–Crippen LogP) is 6.16. The first-order valence-electron chi connectivity index (χ1n) is 14.2. The summed E-state index contributed by atoms with van der Waals surface area (Å²) >= 11 is 6.17. The van der Waals surface area contributed by atoms with Gasteiger partial charge in [-0.25, -0.2) is 12.8 Å². The van der Waals surface area contributed by atoms with Gasteiger partial charge in [-0.2, -0.15) is 0 Å². The van der Waals surface area contributed by atoms with Crippen LogP contribution in [0.2, 0.25) is 5.02 Å². The number of nitrogens with zero attached hydrogens (tertiary/aromatic N) is 2. The molecule has 1 N–H and O–H groups in total. The third-order valence-corrected chi connectivity index (χ3v) is 9.71. The summed E-state index contributed by atoms with van der Waals surface area (Å²) in [4.78, 5) is 28.9. The van der Waals surface area contributed by atoms with Gasteiger partial charge in [0.1, 0.15) is 18.4 Å². The molecule has 0 unspecified atom stereocenters. The van der Waals surface area contributed by atoms with Crippen LogP contribution in [0.15, 0.2) is 71.6 Å². The summed E-state index contributed by atoms with van der Waals surface area (Å²) in [6, 6.07) is 16.0. The summed E-state index contributed by atoms with van der Waals surface area (Å²) in [5.74, 6) is -1.31. The first-order chi connectivity index (χ1) is 20.0. The maximum Gasteiger partial charge on any atom is 0.264 e. The molecule has 0 saturated heterocycles. The first-order valence-corrected chi connectivity index (χ1v) is 16.0. The number of carbonyl (C=O) groups excluding carboxylic acids is 2. The van der Waals surface area contributed by atoms with Crippen molar-refractivity contribution in [3.63, 3.8) is 0 Å². The number of aryl methyl sites for hydroxylation is 2. The van der Waals surface area contributed by atoms with E-state index in [1.165, 1.54) is 29.2 Å². The molecule has 0 bridgehead atoms. The lowest BCUT2D eigenvalue weighted by Gasteiger charge is -2.33. The normalized spacial score (nSPS) is 14.7. The van der Waals surface area contributed by atoms with Gasteiger partial charge in [-0.3, -0.25) is 13.9 Å². The van der Waals surface area contributed by atoms with Crippen LogP contribution in [-0.2, 0) is 26.2 Å². The van der Waals surface area contributed by atoms with Gasteiger partial charge >= 0.3 is 0 Å². The van der Waals surface area contributed by atoms with E-state index in [-0.39, 0.29) is 23.4 Å². The van der Waals surface area contributed by atoms with Crippen molar-refractivity contribution in [2.24, 2.45) is 0 Å². The van der Waals surface area contributed by atoms with Gasteiger partial charge in [0.2, 0.25) is 11.8 Å². The molecule has 42 heavy (non-hydrogen) atoms. The number of sulfonamides is 1. The minimum absolute atomic E-state index is 0.00359. The van der Waals surface area contributed by atoms with E-state index >= 15 is 0 Å². The van der Waals surface area contributed by atoms with Crippen molar-refractivity contribution in [2.75, 3.05) is 10.8 Å². The molecular weight excluding hydrogens is 577 g/mol. The molecule has 1 atom stereocenters. The lowest BCUT2D eigenvalue weighted by atomic mass is 9.95. The standard InChI is InChI=1S/C32H37ClFN3O4S/c1-22-9-16-29(17-10-22)42(40,41)37(30-18-13-26(33)19-23(30)2)21-31(38)36(20-25-11-14-27(34)15-12-25)24(3)32(39)35-28-7-5-4-6-8-28/h9-19,24,28H,4-8,20-21H2,1-3H3,(H,35,39)/t24-/m0/s1. The molecule has 3 aromatic carbocycles. The molecule has 1 aliphatic rings. The van der Waals surface area contributed by atoms with E-state index < -0.39 is 34.3 Å². The summed E-state index contributed by atoms with van der Waals surface area (Å²) in [5.41, 5.74) is 2.37. The van der Waals surface area contributed by atoms with Crippen LogP contribution < -0.4 is 9.62 Å². The van der Waals surface area contributed by atoms with E-state index in [1.54, 1.807) is 56.3 Å². The van der Waals surface area contributed by atoms with Crippen molar-refractivity contribution in [1.82, 2.24) is 10.2 Å². The van der Waals surface area contributed by atoms with Gasteiger partial charge in [0, 0.05) is 17.6 Å². The Morgan fingerprint density at radius 3 is 2.24 bits per heavy atom. The molecule has 1 fully saturated rings. The second-order valence-corrected chi connectivity index (χ2v) is 13.2. The maximum absolute atomic E-state index is 14.1. The summed E-state index contributed by atoms with van der Waals surface area (Å²) < 4.78 is 42.7. The molecule has 0 spiro atoms. The summed E-state index contributed by atoms with van der Waals surface area (Å²) in [5, 5.41) is 3.50. The molecule has 0 aliphatic heterocycles. The Bertz CT molecular complexity index is 1510. The van der Waals surface area contributed by atoms with Crippen LogP contribution >= 0.6 is 11.6 Å². The molecule has 224 valence electrons. The van der Waals surface area contributed by atoms with Crippen molar-refractivity contribution in [2.45, 2.75) is 76.4 Å². The van der Waals surface area contributed by atoms with Crippen LogP contribution in [0.5, 0.6) is 0 Å². The van der Waals surface area contributed by atoms with Crippen molar-refractivity contribution in [1.29, 1.82) is 0 Å². The number of amides is 2. The zero-order valence-electron chi connectivity index (χ0n) is 24.1. The van der Waals surface area contributed by atoms with E-state index in [2.05, 4.69) is 5.32 Å². The Morgan fingerprint density at radius 1 is 0.976 bits per heavy atom. The van der Waals surface area contributed by atoms with Gasteiger partial charge in [0.25, 0.3) is 10.0 Å². The molecule has 4 rings (SSSR count). The van der Waals surface area contributed by atoms with Crippen molar-refractivity contribution in [3.8, 4) is 0 Å². The van der Waals surface area contributed by atoms with Crippen molar-refractivity contribution in [3.05, 3.63) is 94.3 Å². The minimum Gasteiger partial charge on any atom is -0.352 e. The van der Waals surface area contributed by atoms with Crippen LogP contribution in [0.25, 0.3) is 0 Å². The highest BCUT2D eigenvalue weighted by molar-refractivity contribution is 7.92. The van der Waals surface area contributed by atoms with Gasteiger partial charge in [0.05, 0.1) is 10.6 Å². The number of rotatable bonds is 10. The largest absolute Gasteiger partial charge is 0.352 e. The van der Waals surface area contributed by atoms with E-state index in [9.17, 15) is 22.4 Å². The number of benzene rings is 3. The average molecular weight is 614 g/mol. The van der Waals surface area contributed by atoms with Crippen LogP contribution in [-0.4, -0.2) is 43.8 Å². The van der Waals surface area contributed by atoms with Crippen molar-refractivity contribution < 1.29 is 22.4 Å².